The van der Waals surface area contributed by atoms with Gasteiger partial charge in [0.05, 0.1) is 59.5 Å². The molecule has 1 saturated carbocycles. The van der Waals surface area contributed by atoms with Crippen LogP contribution >= 0.6 is 0 Å². The summed E-state index contributed by atoms with van der Waals surface area (Å²) in [6, 6.07) is 13.3. The highest BCUT2D eigenvalue weighted by atomic mass is 19.1. The molecule has 0 bridgehead atoms. The van der Waals surface area contributed by atoms with Gasteiger partial charge in [0.15, 0.2) is 5.82 Å². The minimum atomic E-state index is -0.624. The number of pyridine rings is 1. The second kappa shape index (κ2) is 22.2. The first-order chi connectivity index (χ1) is 39.4. The number of hydrogen-bond acceptors (Lipinski definition) is 14. The Bertz CT molecular complexity index is 3400. The van der Waals surface area contributed by atoms with Crippen molar-refractivity contribution in [2.75, 3.05) is 82.5 Å². The number of carbonyl (C=O) groups excluding carboxylic acids is 3. The Hall–Kier alpha value is -6.73. The molecule has 7 fully saturated rings. The molecule has 19 heteroatoms. The average molecular weight is 1110 g/mol. The minimum absolute atomic E-state index is 0.0143. The Kier molecular flexibility index (Phi) is 14.7. The molecule has 8 aliphatic rings. The number of benzene rings is 3. The van der Waals surface area contributed by atoms with Crippen molar-refractivity contribution in [3.8, 4) is 23.0 Å². The highest BCUT2D eigenvalue weighted by Gasteiger charge is 2.45. The van der Waals surface area contributed by atoms with Crippen LogP contribution in [0.4, 0.5) is 25.1 Å². The third kappa shape index (κ3) is 10.3. The summed E-state index contributed by atoms with van der Waals surface area (Å²) in [5.41, 5.74) is 4.84. The summed E-state index contributed by atoms with van der Waals surface area (Å²) in [4.78, 5) is 59.7. The first-order valence-corrected chi connectivity index (χ1v) is 30.0. The smallest absolute Gasteiger partial charge is 0.409 e. The number of carbonyl (C=O) groups is 3. The highest BCUT2D eigenvalue weighted by Crippen LogP contribution is 2.45. The molecule has 0 radical (unpaired) electrons. The quantitative estimate of drug-likeness (QED) is 0.124. The van der Waals surface area contributed by atoms with Crippen molar-refractivity contribution in [3.63, 3.8) is 0 Å². The number of rotatable bonds is 10. The van der Waals surface area contributed by atoms with Gasteiger partial charge in [0.25, 0.3) is 0 Å². The standard InChI is InChI=1S/C34H37F2N5O3.C28H37N5O4/c1-2-23-25(35)8-6-20-16-22(42)17-24(27(20)23)30-29(36)31-28-26(37-30)9-7-21-18-43-15-5-14-41(21)32(28)39-33(38-31)44-19-34-10-3-12-40(34)13-4-11-34;1-37-28(36)32-14-10-19(11-15-32)16-18-8-12-31(13-9-18)21-4-5-22-24(17-21)33(20-2-3-20)30-26(22)23-6-7-25(34)29-27(23)35/h6,8,16-17,21,42H,2-5,7,9-15,18-19H2,1H3;4-5,17-20,23H,2-3,6-16H2,1H3,(H,29,34,35). The maximum absolute atomic E-state index is 17.0. The number of piperidine rings is 3. The number of nitrogens with zero attached hydrogens (tertiary/aromatic N) is 9. The maximum atomic E-state index is 17.0. The van der Waals surface area contributed by atoms with E-state index in [1.807, 2.05) is 11.8 Å². The summed E-state index contributed by atoms with van der Waals surface area (Å²) in [6.07, 6.45) is 15.8. The highest BCUT2D eigenvalue weighted by molar-refractivity contribution is 6.04. The van der Waals surface area contributed by atoms with E-state index in [0.717, 1.165) is 133 Å². The molecule has 2 unspecified atom stereocenters. The van der Waals surface area contributed by atoms with Gasteiger partial charge in [-0.1, -0.05) is 13.0 Å². The molecule has 0 spiro atoms. The maximum Gasteiger partial charge on any atom is 0.409 e. The third-order valence-electron chi connectivity index (χ3n) is 19.2. The topological polar surface area (TPSA) is 181 Å². The molecule has 428 valence electrons. The van der Waals surface area contributed by atoms with E-state index in [1.165, 1.54) is 44.2 Å². The van der Waals surface area contributed by atoms with Crippen molar-refractivity contribution < 1.29 is 42.5 Å². The van der Waals surface area contributed by atoms with Gasteiger partial charge in [0.2, 0.25) is 11.8 Å². The lowest BCUT2D eigenvalue weighted by Crippen LogP contribution is -2.43. The molecule has 10 heterocycles. The number of amides is 3. The number of anilines is 2. The van der Waals surface area contributed by atoms with Crippen LogP contribution in [-0.2, 0) is 31.9 Å². The molecule has 3 amide bonds. The molecule has 17 nitrogen and oxygen atoms in total. The predicted octanol–water partition coefficient (Wildman–Crippen LogP) is 9.92. The number of halogens is 2. The van der Waals surface area contributed by atoms with Crippen molar-refractivity contribution >= 4 is 62.0 Å². The average Bonchev–Trinajstić information content (AvgIpc) is 4.13. The molecule has 2 N–H and O–H groups in total. The van der Waals surface area contributed by atoms with Crippen LogP contribution in [0.25, 0.3) is 43.8 Å². The second-order valence-corrected chi connectivity index (χ2v) is 24.1. The van der Waals surface area contributed by atoms with E-state index >= 15 is 8.78 Å². The summed E-state index contributed by atoms with van der Waals surface area (Å²) in [5.74, 6) is 0.278. The number of imide groups is 1. The van der Waals surface area contributed by atoms with Crippen LogP contribution in [-0.4, -0.2) is 142 Å². The monoisotopic (exact) mass is 1110 g/mol. The van der Waals surface area contributed by atoms with Gasteiger partial charge in [-0.25, -0.2) is 18.6 Å². The summed E-state index contributed by atoms with van der Waals surface area (Å²) >= 11 is 0. The summed E-state index contributed by atoms with van der Waals surface area (Å²) in [7, 11) is 1.46. The number of methoxy groups -OCH3 is 1. The van der Waals surface area contributed by atoms with Gasteiger partial charge in [0, 0.05) is 62.4 Å². The first kappa shape index (κ1) is 53.6. The number of aromatic nitrogens is 5. The van der Waals surface area contributed by atoms with Gasteiger partial charge in [0.1, 0.15) is 35.2 Å². The van der Waals surface area contributed by atoms with E-state index in [2.05, 4.69) is 42.9 Å². The fourth-order valence-corrected chi connectivity index (χ4v) is 14.7. The van der Waals surface area contributed by atoms with Gasteiger partial charge in [-0.3, -0.25) is 24.5 Å². The largest absolute Gasteiger partial charge is 0.508 e. The Morgan fingerprint density at radius 3 is 2.36 bits per heavy atom. The van der Waals surface area contributed by atoms with Gasteiger partial charge in [-0.05, 0) is 180 Å². The molecule has 81 heavy (non-hydrogen) atoms. The molecule has 14 rings (SSSR count). The molecule has 1 aliphatic carbocycles. The number of phenolic OH excluding ortho intramolecular Hbond substituents is 1. The summed E-state index contributed by atoms with van der Waals surface area (Å²) in [5, 5.41) is 20.9. The number of likely N-dealkylation sites (tertiary alicyclic amines) is 1. The van der Waals surface area contributed by atoms with Gasteiger partial charge in [-0.15, -0.1) is 0 Å². The number of phenols is 1. The fraction of sp³-hybridized carbons (Fsp3) is 0.565. The van der Waals surface area contributed by atoms with E-state index in [0.29, 0.717) is 96.3 Å². The number of nitrogens with one attached hydrogen (secondary N) is 1. The molecule has 3 aromatic carbocycles. The summed E-state index contributed by atoms with van der Waals surface area (Å²) in [6.45, 7) is 10.2. The van der Waals surface area contributed by atoms with E-state index in [1.54, 1.807) is 12.1 Å². The molecule has 3 aromatic heterocycles. The molecular formula is C62H74F2N10O7. The lowest BCUT2D eigenvalue weighted by Gasteiger charge is -2.37. The van der Waals surface area contributed by atoms with Crippen molar-refractivity contribution in [1.82, 2.24) is 39.8 Å². The van der Waals surface area contributed by atoms with Crippen LogP contribution in [0.5, 0.6) is 11.8 Å². The van der Waals surface area contributed by atoms with E-state index < -0.39 is 5.82 Å². The van der Waals surface area contributed by atoms with Crippen molar-refractivity contribution in [2.45, 2.75) is 140 Å². The van der Waals surface area contributed by atoms with Crippen molar-refractivity contribution in [1.29, 1.82) is 0 Å². The van der Waals surface area contributed by atoms with E-state index in [4.69, 9.17) is 34.3 Å². The number of aryl methyl sites for hydroxylation is 2. The minimum Gasteiger partial charge on any atom is -0.508 e. The third-order valence-corrected chi connectivity index (χ3v) is 19.2. The fourth-order valence-electron chi connectivity index (χ4n) is 14.7. The van der Waals surface area contributed by atoms with Crippen LogP contribution < -0.4 is 19.9 Å². The van der Waals surface area contributed by atoms with Crippen molar-refractivity contribution in [2.24, 2.45) is 11.8 Å². The molecule has 2 atom stereocenters. The molecule has 6 aromatic rings. The molecule has 7 aliphatic heterocycles. The normalized spacial score (nSPS) is 22.5. The van der Waals surface area contributed by atoms with Crippen LogP contribution in [0.2, 0.25) is 0 Å². The van der Waals surface area contributed by atoms with Crippen LogP contribution in [0.1, 0.15) is 132 Å². The number of ether oxygens (including phenoxy) is 3. The summed E-state index contributed by atoms with van der Waals surface area (Å²) < 4.78 is 51.4. The Morgan fingerprint density at radius 2 is 1.62 bits per heavy atom. The van der Waals surface area contributed by atoms with E-state index in [9.17, 15) is 19.5 Å². The van der Waals surface area contributed by atoms with Gasteiger partial charge < -0.3 is 34.0 Å². The lowest BCUT2D eigenvalue weighted by molar-refractivity contribution is -0.134. The Balaban J connectivity index is 0.000000155. The first-order valence-electron chi connectivity index (χ1n) is 30.0. The van der Waals surface area contributed by atoms with Crippen LogP contribution in [0.3, 0.4) is 0 Å². The van der Waals surface area contributed by atoms with Crippen LogP contribution in [0.15, 0.2) is 42.5 Å². The second-order valence-electron chi connectivity index (χ2n) is 24.1. The number of fused-ring (bicyclic) bond motifs is 5. The Labute approximate surface area is 470 Å². The Morgan fingerprint density at radius 1 is 0.840 bits per heavy atom. The van der Waals surface area contributed by atoms with Crippen LogP contribution in [0, 0.1) is 23.5 Å². The van der Waals surface area contributed by atoms with Crippen molar-refractivity contribution in [3.05, 3.63) is 71.1 Å². The zero-order valence-electron chi connectivity index (χ0n) is 46.7. The van der Waals surface area contributed by atoms with Gasteiger partial charge in [-0.2, -0.15) is 15.1 Å². The molecule has 6 saturated heterocycles. The zero-order chi connectivity index (χ0) is 55.5. The van der Waals surface area contributed by atoms with E-state index in [-0.39, 0.29) is 64.2 Å². The van der Waals surface area contributed by atoms with Gasteiger partial charge >= 0.3 is 12.1 Å². The lowest BCUT2D eigenvalue weighted by atomic mass is 9.83. The number of aromatic hydroxyl groups is 1. The predicted molar refractivity (Wildman–Crippen MR) is 304 cm³/mol. The SMILES string of the molecule is CCc1c(F)ccc2cc(O)cc(-c3nc4c5c(nc(OCC67CCCN6CCC7)nc5c3F)N3CCCOCC3CC4)c12.COC(=O)N1CCC(CC2CCN(c3ccc4c(C5CCC(=O)NC5=O)nn(C5CC5)c4c3)CC2)CC1. The molecular weight excluding hydrogens is 1030 g/mol. The number of hydrogen-bond donors (Lipinski definition) is 2. The zero-order valence-corrected chi connectivity index (χ0v) is 46.7.